The molecule has 2 N–H and O–H groups in total. The zero-order chi connectivity index (χ0) is 26.3. The first kappa shape index (κ1) is 25.8. The fraction of sp³-hybridized carbons (Fsp3) is 0.357. The summed E-state index contributed by atoms with van der Waals surface area (Å²) in [4.78, 5) is 23.5. The Balaban J connectivity index is 1.08. The molecule has 2 aromatic heterocycles. The molecule has 1 fully saturated rings. The fourth-order valence-electron chi connectivity index (χ4n) is 4.85. The van der Waals surface area contributed by atoms with Crippen LogP contribution in [0.3, 0.4) is 0 Å². The van der Waals surface area contributed by atoms with Gasteiger partial charge in [-0.2, -0.15) is 5.10 Å². The number of nitrogens with zero attached hydrogens (tertiary/aromatic N) is 6. The number of piperidine rings is 1. The number of nitrogens with one attached hydrogen (secondary N) is 2. The second-order valence-electron chi connectivity index (χ2n) is 9.70. The highest BCUT2D eigenvalue weighted by atomic mass is 35.5. The fourth-order valence-corrected chi connectivity index (χ4v) is 5.06. The van der Waals surface area contributed by atoms with E-state index in [1.807, 2.05) is 42.5 Å². The molecule has 4 heterocycles. The van der Waals surface area contributed by atoms with Gasteiger partial charge in [0.1, 0.15) is 5.84 Å². The van der Waals surface area contributed by atoms with Crippen LogP contribution in [0.2, 0.25) is 5.02 Å². The molecule has 1 atom stereocenters. The number of aliphatic imine (C=N–C) groups is 1. The molecule has 2 aliphatic heterocycles. The molecule has 38 heavy (non-hydrogen) atoms. The third-order valence-corrected chi connectivity index (χ3v) is 7.17. The van der Waals surface area contributed by atoms with Gasteiger partial charge in [0.15, 0.2) is 11.6 Å². The molecule has 0 saturated carbocycles. The Morgan fingerprint density at radius 1 is 1.13 bits per heavy atom. The molecule has 0 radical (unpaired) electrons. The normalized spacial score (nSPS) is 17.7. The van der Waals surface area contributed by atoms with Crippen molar-refractivity contribution in [1.82, 2.24) is 20.6 Å². The second kappa shape index (κ2) is 12.1. The molecule has 5 rings (SSSR count). The molecule has 2 aliphatic rings. The summed E-state index contributed by atoms with van der Waals surface area (Å²) in [5, 5.41) is 16.7. The van der Waals surface area contributed by atoms with Crippen molar-refractivity contribution in [3.8, 4) is 0 Å². The molecule has 0 spiro atoms. The van der Waals surface area contributed by atoms with Gasteiger partial charge < -0.3 is 10.2 Å². The van der Waals surface area contributed by atoms with Crippen molar-refractivity contribution in [1.29, 1.82) is 0 Å². The van der Waals surface area contributed by atoms with Crippen molar-refractivity contribution < 1.29 is 4.79 Å². The van der Waals surface area contributed by atoms with Gasteiger partial charge in [-0.15, -0.1) is 10.2 Å². The Bertz CT molecular complexity index is 1300. The van der Waals surface area contributed by atoms with Crippen LogP contribution in [0.5, 0.6) is 0 Å². The summed E-state index contributed by atoms with van der Waals surface area (Å²) >= 11 is 6.30. The minimum atomic E-state index is -0.168. The van der Waals surface area contributed by atoms with Gasteiger partial charge >= 0.3 is 0 Å². The Morgan fingerprint density at radius 3 is 2.68 bits per heavy atom. The van der Waals surface area contributed by atoms with Crippen LogP contribution >= 0.6 is 11.6 Å². The number of carbonyl (C=O) groups excluding carboxylic acids is 1. The van der Waals surface area contributed by atoms with Gasteiger partial charge in [-0.1, -0.05) is 35.9 Å². The lowest BCUT2D eigenvalue weighted by Gasteiger charge is -2.32. The van der Waals surface area contributed by atoms with Gasteiger partial charge in [0, 0.05) is 48.1 Å². The molecule has 9 nitrogen and oxygen atoms in total. The number of aromatic nitrogens is 3. The van der Waals surface area contributed by atoms with Crippen molar-refractivity contribution in [3.05, 3.63) is 77.1 Å². The van der Waals surface area contributed by atoms with Crippen LogP contribution in [0.15, 0.2) is 70.9 Å². The highest BCUT2D eigenvalue weighted by Gasteiger charge is 2.28. The number of hydrogen-bond acceptors (Lipinski definition) is 7. The first-order valence-electron chi connectivity index (χ1n) is 12.9. The molecule has 1 saturated heterocycles. The molecule has 0 bridgehead atoms. The Labute approximate surface area is 227 Å². The summed E-state index contributed by atoms with van der Waals surface area (Å²) in [6.07, 6.45) is 5.42. The van der Waals surface area contributed by atoms with E-state index >= 15 is 0 Å². The van der Waals surface area contributed by atoms with Gasteiger partial charge in [-0.25, -0.2) is 0 Å². The van der Waals surface area contributed by atoms with E-state index in [2.05, 4.69) is 48.9 Å². The maximum absolute atomic E-state index is 12.2. The zero-order valence-corrected chi connectivity index (χ0v) is 22.1. The van der Waals surface area contributed by atoms with Gasteiger partial charge in [0.2, 0.25) is 5.91 Å². The SMILES string of the molecule is CC(Cc1ccccc1Cl)N=C1CC(C2CCN(c3ccc(NC(=O)Cc4ccccn4)nn3)CC2)=NN1. The van der Waals surface area contributed by atoms with Crippen molar-refractivity contribution >= 4 is 40.7 Å². The predicted octanol–water partition coefficient (Wildman–Crippen LogP) is 4.30. The monoisotopic (exact) mass is 530 g/mol. The number of amides is 1. The van der Waals surface area contributed by atoms with Crippen molar-refractivity contribution in [2.75, 3.05) is 23.3 Å². The summed E-state index contributed by atoms with van der Waals surface area (Å²) in [5.41, 5.74) is 6.14. The molecule has 1 aromatic carbocycles. The summed E-state index contributed by atoms with van der Waals surface area (Å²) < 4.78 is 0. The molecule has 3 aromatic rings. The lowest BCUT2D eigenvalue weighted by atomic mass is 9.90. The quantitative estimate of drug-likeness (QED) is 0.449. The minimum Gasteiger partial charge on any atom is -0.355 e. The first-order chi connectivity index (χ1) is 18.5. The number of carbonyl (C=O) groups is 1. The molecular weight excluding hydrogens is 500 g/mol. The van der Waals surface area contributed by atoms with Crippen LogP contribution in [-0.4, -0.2) is 51.8 Å². The van der Waals surface area contributed by atoms with Crippen LogP contribution in [-0.2, 0) is 17.6 Å². The van der Waals surface area contributed by atoms with E-state index in [1.165, 1.54) is 5.71 Å². The van der Waals surface area contributed by atoms with Gasteiger partial charge in [0.05, 0.1) is 12.5 Å². The van der Waals surface area contributed by atoms with Crippen LogP contribution in [0.1, 0.15) is 37.4 Å². The van der Waals surface area contributed by atoms with Gasteiger partial charge in [-0.3, -0.25) is 20.2 Å². The number of hydrazone groups is 1. The standard InChI is InChI=1S/C28H31ClN8O/c1-19(16-21-6-2-3-8-23(21)29)31-26-18-24(33-35-26)20-11-14-37(15-12-20)27-10-9-25(34-36-27)32-28(38)17-22-7-4-5-13-30-22/h2-10,13,19-20H,11-12,14-18H2,1H3,(H,31,35)(H,32,34,38). The summed E-state index contributed by atoms with van der Waals surface area (Å²) in [5.74, 6) is 2.43. The lowest BCUT2D eigenvalue weighted by molar-refractivity contribution is -0.115. The Hall–Kier alpha value is -3.85. The highest BCUT2D eigenvalue weighted by Crippen LogP contribution is 2.25. The summed E-state index contributed by atoms with van der Waals surface area (Å²) in [7, 11) is 0. The smallest absolute Gasteiger partial charge is 0.231 e. The second-order valence-corrected chi connectivity index (χ2v) is 10.1. The van der Waals surface area contributed by atoms with E-state index in [0.29, 0.717) is 17.4 Å². The third-order valence-electron chi connectivity index (χ3n) is 6.80. The number of anilines is 2. The number of rotatable bonds is 8. The topological polar surface area (TPSA) is 108 Å². The number of benzene rings is 1. The summed E-state index contributed by atoms with van der Waals surface area (Å²) in [6, 6.07) is 17.2. The minimum absolute atomic E-state index is 0.120. The van der Waals surface area contributed by atoms with E-state index in [4.69, 9.17) is 16.6 Å². The maximum Gasteiger partial charge on any atom is 0.231 e. The van der Waals surface area contributed by atoms with E-state index in [9.17, 15) is 4.79 Å². The van der Waals surface area contributed by atoms with Crippen molar-refractivity contribution in [2.24, 2.45) is 16.0 Å². The molecule has 1 amide bonds. The largest absolute Gasteiger partial charge is 0.355 e. The van der Waals surface area contributed by atoms with E-state index < -0.39 is 0 Å². The number of hydrogen-bond donors (Lipinski definition) is 2. The summed E-state index contributed by atoms with van der Waals surface area (Å²) in [6.45, 7) is 3.85. The Morgan fingerprint density at radius 2 is 1.95 bits per heavy atom. The van der Waals surface area contributed by atoms with E-state index in [1.54, 1.807) is 12.3 Å². The predicted molar refractivity (Wildman–Crippen MR) is 151 cm³/mol. The number of halogens is 1. The third kappa shape index (κ3) is 6.72. The Kier molecular flexibility index (Phi) is 8.23. The van der Waals surface area contributed by atoms with Crippen LogP contribution in [0.25, 0.3) is 0 Å². The molecule has 10 heteroatoms. The van der Waals surface area contributed by atoms with Crippen molar-refractivity contribution in [2.45, 2.75) is 45.1 Å². The maximum atomic E-state index is 12.2. The number of amidine groups is 1. The molecule has 0 aliphatic carbocycles. The highest BCUT2D eigenvalue weighted by molar-refractivity contribution is 6.31. The first-order valence-corrected chi connectivity index (χ1v) is 13.3. The molecule has 196 valence electrons. The zero-order valence-electron chi connectivity index (χ0n) is 21.3. The average molecular weight is 531 g/mol. The van der Waals surface area contributed by atoms with Crippen LogP contribution in [0.4, 0.5) is 11.6 Å². The van der Waals surface area contributed by atoms with Crippen LogP contribution < -0.4 is 15.6 Å². The van der Waals surface area contributed by atoms with Gasteiger partial charge in [0.25, 0.3) is 0 Å². The van der Waals surface area contributed by atoms with Gasteiger partial charge in [-0.05, 0) is 62.1 Å². The average Bonchev–Trinajstić information content (AvgIpc) is 3.39. The van der Waals surface area contributed by atoms with Crippen LogP contribution in [0, 0.1) is 5.92 Å². The lowest BCUT2D eigenvalue weighted by Crippen LogP contribution is -2.36. The molecular formula is C28H31ClN8O. The molecule has 1 unspecified atom stereocenters. The van der Waals surface area contributed by atoms with E-state index in [0.717, 1.165) is 61.0 Å². The van der Waals surface area contributed by atoms with Crippen molar-refractivity contribution in [3.63, 3.8) is 0 Å². The number of pyridine rings is 1. The van der Waals surface area contributed by atoms with E-state index in [-0.39, 0.29) is 18.4 Å².